The lowest BCUT2D eigenvalue weighted by molar-refractivity contribution is 0.0980. The minimum Gasteiger partial charge on any atom is -0.385 e. The highest BCUT2D eigenvalue weighted by Crippen LogP contribution is 1.93. The van der Waals surface area contributed by atoms with Gasteiger partial charge in [-0.3, -0.25) is 0 Å². The quantitative estimate of drug-likeness (QED) is 0.559. The van der Waals surface area contributed by atoms with Crippen LogP contribution in [0.5, 0.6) is 0 Å². The minimum atomic E-state index is 0.427. The van der Waals surface area contributed by atoms with E-state index in [1.165, 1.54) is 0 Å². The zero-order valence-corrected chi connectivity index (χ0v) is 8.43. The summed E-state index contributed by atoms with van der Waals surface area (Å²) >= 11 is 0. The van der Waals surface area contributed by atoms with E-state index in [9.17, 15) is 0 Å². The first-order chi connectivity index (χ1) is 5.85. The van der Waals surface area contributed by atoms with Gasteiger partial charge in [-0.05, 0) is 19.9 Å². The van der Waals surface area contributed by atoms with Gasteiger partial charge in [-0.15, -0.1) is 0 Å². The molecule has 3 nitrogen and oxygen atoms in total. The Kier molecular flexibility index (Phi) is 8.88. The molecule has 0 radical (unpaired) electrons. The molecule has 1 N–H and O–H groups in total. The second-order valence-corrected chi connectivity index (χ2v) is 2.84. The second kappa shape index (κ2) is 8.97. The van der Waals surface area contributed by atoms with E-state index < -0.39 is 0 Å². The van der Waals surface area contributed by atoms with Gasteiger partial charge in [0.25, 0.3) is 0 Å². The van der Waals surface area contributed by atoms with Gasteiger partial charge >= 0.3 is 0 Å². The topological polar surface area (TPSA) is 30.5 Å². The fraction of sp³-hybridized carbons (Fsp3) is 1.00. The lowest BCUT2D eigenvalue weighted by atomic mass is 10.2. The van der Waals surface area contributed by atoms with Crippen LogP contribution in [0, 0.1) is 0 Å². The Hall–Kier alpha value is -0.120. The van der Waals surface area contributed by atoms with Crippen LogP contribution in [0.15, 0.2) is 0 Å². The van der Waals surface area contributed by atoms with Crippen molar-refractivity contribution in [2.75, 3.05) is 34.0 Å². The third kappa shape index (κ3) is 6.58. The van der Waals surface area contributed by atoms with Crippen LogP contribution < -0.4 is 5.32 Å². The summed E-state index contributed by atoms with van der Waals surface area (Å²) in [6, 6.07) is 0.427. The molecule has 0 bridgehead atoms. The standard InChI is InChI=1S/C9H21NO2/c1-4-6-12-8-9(10-2)5-7-11-3/h9-10H,4-8H2,1-3H3. The first-order valence-corrected chi connectivity index (χ1v) is 4.59. The molecular formula is C9H21NO2. The molecule has 1 unspecified atom stereocenters. The van der Waals surface area contributed by atoms with Crippen LogP contribution in [0.2, 0.25) is 0 Å². The highest BCUT2D eigenvalue weighted by atomic mass is 16.5. The van der Waals surface area contributed by atoms with Crippen LogP contribution >= 0.6 is 0 Å². The summed E-state index contributed by atoms with van der Waals surface area (Å²) in [5.41, 5.74) is 0. The number of methoxy groups -OCH3 is 1. The summed E-state index contributed by atoms with van der Waals surface area (Å²) in [7, 11) is 3.68. The van der Waals surface area contributed by atoms with Crippen LogP contribution in [-0.4, -0.2) is 40.0 Å². The van der Waals surface area contributed by atoms with Crippen LogP contribution in [0.25, 0.3) is 0 Å². The van der Waals surface area contributed by atoms with E-state index in [1.54, 1.807) is 7.11 Å². The summed E-state index contributed by atoms with van der Waals surface area (Å²) in [5.74, 6) is 0. The molecule has 3 heteroatoms. The highest BCUT2D eigenvalue weighted by Gasteiger charge is 2.04. The second-order valence-electron chi connectivity index (χ2n) is 2.84. The van der Waals surface area contributed by atoms with Crippen molar-refractivity contribution in [3.05, 3.63) is 0 Å². The van der Waals surface area contributed by atoms with E-state index in [0.29, 0.717) is 6.04 Å². The van der Waals surface area contributed by atoms with Crippen molar-refractivity contribution in [2.24, 2.45) is 0 Å². The molecule has 0 aliphatic heterocycles. The number of rotatable bonds is 8. The van der Waals surface area contributed by atoms with Gasteiger partial charge in [0.15, 0.2) is 0 Å². The average molecular weight is 175 g/mol. The summed E-state index contributed by atoms with van der Waals surface area (Å²) < 4.78 is 10.4. The predicted molar refractivity (Wildman–Crippen MR) is 50.5 cm³/mol. The Bertz CT molecular complexity index is 88.6. The van der Waals surface area contributed by atoms with Gasteiger partial charge in [-0.1, -0.05) is 6.92 Å². The Morgan fingerprint density at radius 3 is 2.58 bits per heavy atom. The summed E-state index contributed by atoms with van der Waals surface area (Å²) in [6.07, 6.45) is 2.09. The SMILES string of the molecule is CCCOCC(CCOC)NC. The molecule has 0 rings (SSSR count). The van der Waals surface area contributed by atoms with Crippen LogP contribution in [0.1, 0.15) is 19.8 Å². The van der Waals surface area contributed by atoms with Crippen molar-refractivity contribution >= 4 is 0 Å². The van der Waals surface area contributed by atoms with Gasteiger partial charge in [-0.2, -0.15) is 0 Å². The van der Waals surface area contributed by atoms with Gasteiger partial charge < -0.3 is 14.8 Å². The lowest BCUT2D eigenvalue weighted by Gasteiger charge is -2.15. The normalized spacial score (nSPS) is 13.2. The van der Waals surface area contributed by atoms with Gasteiger partial charge in [0.05, 0.1) is 6.61 Å². The first-order valence-electron chi connectivity index (χ1n) is 4.59. The van der Waals surface area contributed by atoms with Crippen molar-refractivity contribution in [1.82, 2.24) is 5.32 Å². The zero-order valence-electron chi connectivity index (χ0n) is 8.43. The van der Waals surface area contributed by atoms with E-state index in [-0.39, 0.29) is 0 Å². The monoisotopic (exact) mass is 175 g/mol. The summed E-state index contributed by atoms with van der Waals surface area (Å²) in [4.78, 5) is 0. The molecule has 12 heavy (non-hydrogen) atoms. The predicted octanol–water partition coefficient (Wildman–Crippen LogP) is 1.04. The van der Waals surface area contributed by atoms with E-state index in [4.69, 9.17) is 9.47 Å². The molecule has 0 amide bonds. The molecule has 0 aliphatic carbocycles. The molecule has 74 valence electrons. The number of ether oxygens (including phenoxy) is 2. The molecule has 0 fully saturated rings. The average Bonchev–Trinajstić information content (AvgIpc) is 2.11. The molecule has 1 atom stereocenters. The third-order valence-electron chi connectivity index (χ3n) is 1.75. The molecule has 0 saturated heterocycles. The highest BCUT2D eigenvalue weighted by molar-refractivity contribution is 4.62. The van der Waals surface area contributed by atoms with Crippen molar-refractivity contribution in [3.8, 4) is 0 Å². The number of hydrogen-bond acceptors (Lipinski definition) is 3. The fourth-order valence-corrected chi connectivity index (χ4v) is 0.941. The maximum atomic E-state index is 5.41. The van der Waals surface area contributed by atoms with Crippen LogP contribution in [-0.2, 0) is 9.47 Å². The molecule has 0 aliphatic rings. The van der Waals surface area contributed by atoms with E-state index in [0.717, 1.165) is 32.7 Å². The number of nitrogens with one attached hydrogen (secondary N) is 1. The largest absolute Gasteiger partial charge is 0.385 e. The minimum absolute atomic E-state index is 0.427. The lowest BCUT2D eigenvalue weighted by Crippen LogP contribution is -2.31. The van der Waals surface area contributed by atoms with Crippen molar-refractivity contribution in [2.45, 2.75) is 25.8 Å². The fourth-order valence-electron chi connectivity index (χ4n) is 0.941. The molecule has 0 saturated carbocycles. The molecule has 0 aromatic heterocycles. The Morgan fingerprint density at radius 1 is 1.33 bits per heavy atom. The number of hydrogen-bond donors (Lipinski definition) is 1. The van der Waals surface area contributed by atoms with Crippen LogP contribution in [0.4, 0.5) is 0 Å². The summed E-state index contributed by atoms with van der Waals surface area (Å²) in [6.45, 7) is 4.55. The van der Waals surface area contributed by atoms with E-state index in [1.807, 2.05) is 7.05 Å². The zero-order chi connectivity index (χ0) is 9.23. The summed E-state index contributed by atoms with van der Waals surface area (Å²) in [5, 5.41) is 3.19. The molecule has 0 aromatic rings. The molecule has 0 spiro atoms. The van der Waals surface area contributed by atoms with Gasteiger partial charge in [0, 0.05) is 26.4 Å². The number of likely N-dealkylation sites (N-methyl/N-ethyl adjacent to an activating group) is 1. The Labute approximate surface area is 75.4 Å². The molecule has 0 heterocycles. The van der Waals surface area contributed by atoms with Gasteiger partial charge in [-0.25, -0.2) is 0 Å². The maximum absolute atomic E-state index is 5.41. The van der Waals surface area contributed by atoms with Gasteiger partial charge in [0.2, 0.25) is 0 Å². The van der Waals surface area contributed by atoms with Crippen LogP contribution in [0.3, 0.4) is 0 Å². The van der Waals surface area contributed by atoms with Crippen molar-refractivity contribution in [1.29, 1.82) is 0 Å². The van der Waals surface area contributed by atoms with E-state index >= 15 is 0 Å². The maximum Gasteiger partial charge on any atom is 0.0620 e. The smallest absolute Gasteiger partial charge is 0.0620 e. The first kappa shape index (κ1) is 11.9. The Balaban J connectivity index is 3.26. The molecule has 0 aromatic carbocycles. The van der Waals surface area contributed by atoms with Crippen molar-refractivity contribution in [3.63, 3.8) is 0 Å². The third-order valence-corrected chi connectivity index (χ3v) is 1.75. The van der Waals surface area contributed by atoms with Crippen molar-refractivity contribution < 1.29 is 9.47 Å². The van der Waals surface area contributed by atoms with Gasteiger partial charge in [0.1, 0.15) is 0 Å². The Morgan fingerprint density at radius 2 is 2.08 bits per heavy atom. The van der Waals surface area contributed by atoms with E-state index in [2.05, 4.69) is 12.2 Å². The molecular weight excluding hydrogens is 154 g/mol.